The summed E-state index contributed by atoms with van der Waals surface area (Å²) in [6, 6.07) is 11.2. The lowest BCUT2D eigenvalue weighted by atomic mass is 9.93. The zero-order valence-corrected chi connectivity index (χ0v) is 15.9. The van der Waals surface area contributed by atoms with Gasteiger partial charge in [0.25, 0.3) is 5.56 Å². The molecule has 0 aliphatic rings. The van der Waals surface area contributed by atoms with E-state index in [0.29, 0.717) is 11.3 Å². The summed E-state index contributed by atoms with van der Waals surface area (Å²) in [4.78, 5) is 13.1. The van der Waals surface area contributed by atoms with Crippen molar-refractivity contribution in [2.45, 2.75) is 33.0 Å². The zero-order valence-electron chi connectivity index (χ0n) is 15.9. The molecule has 0 spiro atoms. The molecule has 0 amide bonds. The SMILES string of the molecule is C=C/C=C(\C=C)c1cc(C(C)(C)F)c(C#N)c(=O)n1Cc1ccc(C)cc1. The second-order valence-corrected chi connectivity index (χ2v) is 6.84. The molecule has 0 fully saturated rings. The zero-order chi connectivity index (χ0) is 20.2. The van der Waals surface area contributed by atoms with Gasteiger partial charge >= 0.3 is 0 Å². The van der Waals surface area contributed by atoms with Crippen LogP contribution in [0.15, 0.2) is 66.5 Å². The van der Waals surface area contributed by atoms with Gasteiger partial charge in [-0.3, -0.25) is 4.79 Å². The van der Waals surface area contributed by atoms with E-state index in [1.165, 1.54) is 18.4 Å². The fourth-order valence-electron chi connectivity index (χ4n) is 2.88. The highest BCUT2D eigenvalue weighted by molar-refractivity contribution is 5.73. The predicted molar refractivity (Wildman–Crippen MR) is 108 cm³/mol. The topological polar surface area (TPSA) is 45.8 Å². The molecule has 0 atom stereocenters. The maximum atomic E-state index is 14.7. The van der Waals surface area contributed by atoms with Crippen LogP contribution in [0.5, 0.6) is 0 Å². The summed E-state index contributed by atoms with van der Waals surface area (Å²) in [6.07, 6.45) is 4.87. The molecular weight excluding hydrogens is 339 g/mol. The fraction of sp³-hybridized carbons (Fsp3) is 0.217. The molecule has 0 saturated heterocycles. The van der Waals surface area contributed by atoms with Crippen LogP contribution in [-0.2, 0) is 12.2 Å². The van der Waals surface area contributed by atoms with Gasteiger partial charge < -0.3 is 4.57 Å². The van der Waals surface area contributed by atoms with E-state index < -0.39 is 11.2 Å². The van der Waals surface area contributed by atoms with Crippen molar-refractivity contribution >= 4 is 5.57 Å². The van der Waals surface area contributed by atoms with Gasteiger partial charge in [-0.1, -0.05) is 61.2 Å². The molecule has 0 aliphatic carbocycles. The first kappa shape index (κ1) is 20.1. The minimum absolute atomic E-state index is 0.0713. The lowest BCUT2D eigenvalue weighted by Crippen LogP contribution is -2.30. The van der Waals surface area contributed by atoms with Crippen LogP contribution >= 0.6 is 0 Å². The maximum Gasteiger partial charge on any atom is 0.269 e. The van der Waals surface area contributed by atoms with Crippen molar-refractivity contribution in [3.05, 3.63) is 100 Å². The van der Waals surface area contributed by atoms with E-state index in [1.807, 2.05) is 37.3 Å². The minimum Gasteiger partial charge on any atom is -0.303 e. The second-order valence-electron chi connectivity index (χ2n) is 6.84. The highest BCUT2D eigenvalue weighted by Gasteiger charge is 2.27. The third-order valence-electron chi connectivity index (χ3n) is 4.33. The summed E-state index contributed by atoms with van der Waals surface area (Å²) >= 11 is 0. The molecule has 0 bridgehead atoms. The minimum atomic E-state index is -1.83. The van der Waals surface area contributed by atoms with Gasteiger partial charge in [-0.2, -0.15) is 5.26 Å². The van der Waals surface area contributed by atoms with Crippen LogP contribution in [-0.4, -0.2) is 4.57 Å². The Morgan fingerprint density at radius 3 is 2.41 bits per heavy atom. The van der Waals surface area contributed by atoms with E-state index in [2.05, 4.69) is 13.2 Å². The number of pyridine rings is 1. The van der Waals surface area contributed by atoms with Crippen LogP contribution in [0, 0.1) is 18.3 Å². The molecule has 1 aromatic heterocycles. The van der Waals surface area contributed by atoms with Gasteiger partial charge in [-0.25, -0.2) is 4.39 Å². The smallest absolute Gasteiger partial charge is 0.269 e. The normalized spacial score (nSPS) is 11.7. The fourth-order valence-corrected chi connectivity index (χ4v) is 2.88. The van der Waals surface area contributed by atoms with Crippen LogP contribution in [0.1, 0.15) is 41.8 Å². The maximum absolute atomic E-state index is 14.7. The number of benzene rings is 1. The van der Waals surface area contributed by atoms with Gasteiger partial charge in [0, 0.05) is 5.56 Å². The Bertz CT molecular complexity index is 997. The van der Waals surface area contributed by atoms with Crippen LogP contribution in [0.25, 0.3) is 5.57 Å². The third kappa shape index (κ3) is 4.32. The number of hydrogen-bond acceptors (Lipinski definition) is 2. The molecule has 0 N–H and O–H groups in total. The van der Waals surface area contributed by atoms with E-state index in [1.54, 1.807) is 24.3 Å². The number of hydrogen-bond donors (Lipinski definition) is 0. The first-order valence-electron chi connectivity index (χ1n) is 8.61. The summed E-state index contributed by atoms with van der Waals surface area (Å²) in [7, 11) is 0. The molecular formula is C23H23FN2O. The van der Waals surface area contributed by atoms with Crippen molar-refractivity contribution in [3.8, 4) is 6.07 Å². The van der Waals surface area contributed by atoms with Gasteiger partial charge in [0.15, 0.2) is 0 Å². The molecule has 27 heavy (non-hydrogen) atoms. The molecule has 0 unspecified atom stereocenters. The average Bonchev–Trinajstić information content (AvgIpc) is 2.62. The monoisotopic (exact) mass is 362 g/mol. The molecule has 0 saturated carbocycles. The Balaban J connectivity index is 2.83. The largest absolute Gasteiger partial charge is 0.303 e. The van der Waals surface area contributed by atoms with Crippen molar-refractivity contribution in [1.82, 2.24) is 4.57 Å². The Morgan fingerprint density at radius 2 is 1.93 bits per heavy atom. The summed E-state index contributed by atoms with van der Waals surface area (Å²) in [5.74, 6) is 0. The Hall–Kier alpha value is -3.19. The third-order valence-corrected chi connectivity index (χ3v) is 4.33. The van der Waals surface area contributed by atoms with Crippen molar-refractivity contribution < 1.29 is 4.39 Å². The number of aromatic nitrogens is 1. The van der Waals surface area contributed by atoms with Crippen molar-refractivity contribution in [1.29, 1.82) is 5.26 Å². The lowest BCUT2D eigenvalue weighted by molar-refractivity contribution is 0.220. The highest BCUT2D eigenvalue weighted by atomic mass is 19.1. The number of alkyl halides is 1. The molecule has 3 nitrogen and oxygen atoms in total. The first-order chi connectivity index (χ1) is 12.7. The van der Waals surface area contributed by atoms with Crippen molar-refractivity contribution in [2.75, 3.05) is 0 Å². The van der Waals surface area contributed by atoms with Crippen LogP contribution in [0.2, 0.25) is 0 Å². The number of rotatable bonds is 6. The number of nitriles is 1. The highest BCUT2D eigenvalue weighted by Crippen LogP contribution is 2.29. The molecule has 4 heteroatoms. The Labute approximate surface area is 159 Å². The molecule has 1 aromatic carbocycles. The van der Waals surface area contributed by atoms with E-state index in [0.717, 1.165) is 11.1 Å². The van der Waals surface area contributed by atoms with E-state index in [9.17, 15) is 14.4 Å². The lowest BCUT2D eigenvalue weighted by Gasteiger charge is -2.21. The van der Waals surface area contributed by atoms with Gasteiger partial charge in [-0.15, -0.1) is 0 Å². The summed E-state index contributed by atoms with van der Waals surface area (Å²) in [5.41, 5.74) is 0.677. The molecule has 1 heterocycles. The van der Waals surface area contributed by atoms with Gasteiger partial charge in [0.05, 0.1) is 12.2 Å². The van der Waals surface area contributed by atoms with Gasteiger partial charge in [-0.05, 0) is 38.0 Å². The number of halogens is 1. The second kappa shape index (κ2) is 8.01. The predicted octanol–water partition coefficient (Wildman–Crippen LogP) is 5.04. The van der Waals surface area contributed by atoms with E-state index >= 15 is 0 Å². The summed E-state index contributed by atoms with van der Waals surface area (Å²) < 4.78 is 16.2. The molecule has 2 aromatic rings. The average molecular weight is 362 g/mol. The molecule has 0 radical (unpaired) electrons. The van der Waals surface area contributed by atoms with Crippen LogP contribution in [0.3, 0.4) is 0 Å². The van der Waals surface area contributed by atoms with Crippen molar-refractivity contribution in [3.63, 3.8) is 0 Å². The number of nitrogens with zero attached hydrogens (tertiary/aromatic N) is 2. The quantitative estimate of drug-likeness (QED) is 0.676. The number of allylic oxidation sites excluding steroid dienone is 4. The van der Waals surface area contributed by atoms with Gasteiger partial charge in [0.1, 0.15) is 17.3 Å². The molecule has 138 valence electrons. The van der Waals surface area contributed by atoms with Crippen LogP contribution < -0.4 is 5.56 Å². The molecule has 0 aliphatic heterocycles. The number of aryl methyl sites for hydroxylation is 1. The summed E-state index contributed by atoms with van der Waals surface area (Å²) in [6.45, 7) is 12.4. The standard InChI is InChI=1S/C23H23FN2O/c1-6-8-18(7-2)21-13-20(23(4,5)24)19(14-25)22(27)26(21)15-17-11-9-16(3)10-12-17/h6-13H,1-2,15H2,3-5H3/b18-8+. The van der Waals surface area contributed by atoms with Crippen LogP contribution in [0.4, 0.5) is 4.39 Å². The van der Waals surface area contributed by atoms with Gasteiger partial charge in [0.2, 0.25) is 0 Å². The first-order valence-corrected chi connectivity index (χ1v) is 8.61. The molecule has 2 rings (SSSR count). The Morgan fingerprint density at radius 1 is 1.30 bits per heavy atom. The van der Waals surface area contributed by atoms with E-state index in [-0.39, 0.29) is 17.7 Å². The van der Waals surface area contributed by atoms with E-state index in [4.69, 9.17) is 0 Å². The summed E-state index contributed by atoms with van der Waals surface area (Å²) in [5, 5.41) is 9.50. The van der Waals surface area contributed by atoms with Crippen molar-refractivity contribution in [2.24, 2.45) is 0 Å². The Kier molecular flexibility index (Phi) is 5.97.